The van der Waals surface area contributed by atoms with Crippen molar-refractivity contribution in [3.63, 3.8) is 0 Å². The van der Waals surface area contributed by atoms with Crippen LogP contribution < -0.4 is 16.6 Å². The monoisotopic (exact) mass is 468 g/mol. The molecule has 4 aromatic rings. The predicted octanol–water partition coefficient (Wildman–Crippen LogP) is 3.65. The van der Waals surface area contributed by atoms with Crippen LogP contribution in [0.3, 0.4) is 0 Å². The summed E-state index contributed by atoms with van der Waals surface area (Å²) in [6.07, 6.45) is 3.17. The molecule has 3 aromatic heterocycles. The molecule has 0 aliphatic carbocycles. The molecule has 0 fully saturated rings. The van der Waals surface area contributed by atoms with E-state index in [2.05, 4.69) is 20.3 Å². The zero-order valence-corrected chi connectivity index (χ0v) is 18.3. The Hall–Kier alpha value is -3.49. The molecule has 0 radical (unpaired) electrons. The first-order valence-corrected chi connectivity index (χ1v) is 10.5. The summed E-state index contributed by atoms with van der Waals surface area (Å²) in [5, 5.41) is 4.14. The average molecular weight is 469 g/mol. The van der Waals surface area contributed by atoms with E-state index >= 15 is 0 Å². The number of carbonyl (C=O) groups excluding carboxylic acids is 1. The molecule has 3 heterocycles. The van der Waals surface area contributed by atoms with Crippen molar-refractivity contribution in [1.29, 1.82) is 0 Å². The second kappa shape index (κ2) is 9.33. The van der Waals surface area contributed by atoms with Crippen LogP contribution in [0.4, 0.5) is 5.82 Å². The number of nitrogens with two attached hydrogens (primary N) is 1. The van der Waals surface area contributed by atoms with Gasteiger partial charge in [-0.2, -0.15) is 0 Å². The normalized spacial score (nSPS) is 10.9. The predicted molar refractivity (Wildman–Crippen MR) is 125 cm³/mol. The first-order chi connectivity index (χ1) is 15.4. The van der Waals surface area contributed by atoms with Gasteiger partial charge in [-0.1, -0.05) is 29.3 Å². The Morgan fingerprint density at radius 2 is 1.94 bits per heavy atom. The van der Waals surface area contributed by atoms with Crippen molar-refractivity contribution in [3.8, 4) is 11.3 Å². The van der Waals surface area contributed by atoms with Crippen LogP contribution in [0.25, 0.3) is 22.4 Å². The van der Waals surface area contributed by atoms with E-state index < -0.39 is 5.91 Å². The molecule has 0 aliphatic heterocycles. The highest BCUT2D eigenvalue weighted by Gasteiger charge is 2.15. The maximum Gasteiger partial charge on any atom is 0.278 e. The molecule has 8 nitrogen and oxygen atoms in total. The smallest absolute Gasteiger partial charge is 0.278 e. The molecule has 0 saturated heterocycles. The van der Waals surface area contributed by atoms with Gasteiger partial charge in [-0.25, -0.2) is 9.97 Å². The molecule has 0 saturated carbocycles. The number of aromatic nitrogens is 4. The van der Waals surface area contributed by atoms with E-state index in [1.165, 1.54) is 4.57 Å². The molecule has 162 valence electrons. The van der Waals surface area contributed by atoms with Gasteiger partial charge in [-0.15, -0.1) is 0 Å². The number of nitrogens with zero attached hydrogens (tertiary/aromatic N) is 4. The summed E-state index contributed by atoms with van der Waals surface area (Å²) in [6.45, 7) is 0.534. The van der Waals surface area contributed by atoms with E-state index in [0.29, 0.717) is 39.1 Å². The number of fused-ring (bicyclic) bond motifs is 1. The Morgan fingerprint density at radius 3 is 2.66 bits per heavy atom. The van der Waals surface area contributed by atoms with Crippen molar-refractivity contribution >= 4 is 46.1 Å². The van der Waals surface area contributed by atoms with Crippen LogP contribution in [0.2, 0.25) is 10.0 Å². The number of hydrogen-bond acceptors (Lipinski definition) is 6. The Morgan fingerprint density at radius 1 is 1.09 bits per heavy atom. The van der Waals surface area contributed by atoms with Crippen LogP contribution in [-0.4, -0.2) is 25.4 Å². The van der Waals surface area contributed by atoms with Crippen LogP contribution in [0.15, 0.2) is 59.7 Å². The van der Waals surface area contributed by atoms with E-state index in [1.54, 1.807) is 48.8 Å². The Bertz CT molecular complexity index is 1360. The lowest BCUT2D eigenvalue weighted by atomic mass is 10.2. The minimum atomic E-state index is -0.515. The van der Waals surface area contributed by atoms with Crippen LogP contribution in [0.1, 0.15) is 12.0 Å². The lowest BCUT2D eigenvalue weighted by Gasteiger charge is -2.13. The molecule has 3 N–H and O–H groups in total. The summed E-state index contributed by atoms with van der Waals surface area (Å²) in [5.41, 5.74) is 7.52. The average Bonchev–Trinajstić information content (AvgIpc) is 2.79. The number of aryl methyl sites for hydroxylation is 1. The van der Waals surface area contributed by atoms with Gasteiger partial charge in [0.2, 0.25) is 5.91 Å². The quantitative estimate of drug-likeness (QED) is 0.427. The standard InChI is InChI=1S/C22H18Cl2N6O2/c23-15-4-3-13(10-16(15)24)11-27-19-6-5-17-21(29-19)30(9-7-18(25)31)22(32)20(28-17)14-2-1-8-26-12-14/h1-6,8,10,12H,7,9,11H2,(H2,25,31)(H,27,29). The van der Waals surface area contributed by atoms with Crippen molar-refractivity contribution in [2.24, 2.45) is 5.73 Å². The molecule has 0 aliphatic rings. The summed E-state index contributed by atoms with van der Waals surface area (Å²) in [6, 6.07) is 12.3. The fraction of sp³-hybridized carbons (Fsp3) is 0.136. The van der Waals surface area contributed by atoms with Gasteiger partial charge in [0.25, 0.3) is 5.56 Å². The molecule has 0 atom stereocenters. The van der Waals surface area contributed by atoms with Crippen molar-refractivity contribution in [1.82, 2.24) is 19.5 Å². The molecule has 0 unspecified atom stereocenters. The molecular formula is C22H18Cl2N6O2. The van der Waals surface area contributed by atoms with Gasteiger partial charge in [0, 0.05) is 37.5 Å². The summed E-state index contributed by atoms with van der Waals surface area (Å²) in [5.74, 6) is 0.0189. The molecule has 1 aromatic carbocycles. The maximum absolute atomic E-state index is 13.2. The SMILES string of the molecule is NC(=O)CCn1c(=O)c(-c2cccnc2)nc2ccc(NCc3ccc(Cl)c(Cl)c3)nc21. The van der Waals surface area contributed by atoms with Gasteiger partial charge in [0.1, 0.15) is 17.0 Å². The Labute approximate surface area is 193 Å². The highest BCUT2D eigenvalue weighted by Crippen LogP contribution is 2.23. The molecule has 10 heteroatoms. The number of hydrogen-bond donors (Lipinski definition) is 2. The molecule has 1 amide bonds. The largest absolute Gasteiger partial charge is 0.370 e. The molecule has 4 rings (SSSR count). The zero-order valence-electron chi connectivity index (χ0n) is 16.8. The maximum atomic E-state index is 13.2. The number of pyridine rings is 2. The summed E-state index contributed by atoms with van der Waals surface area (Å²) in [4.78, 5) is 37.7. The van der Waals surface area contributed by atoms with Crippen LogP contribution in [0.5, 0.6) is 0 Å². The fourth-order valence-electron chi connectivity index (χ4n) is 3.18. The third kappa shape index (κ3) is 4.71. The van der Waals surface area contributed by atoms with Crippen LogP contribution >= 0.6 is 23.2 Å². The number of primary amides is 1. The molecule has 0 spiro atoms. The van der Waals surface area contributed by atoms with Gasteiger partial charge in [0.15, 0.2) is 5.65 Å². The number of carbonyl (C=O) groups is 1. The first kappa shape index (κ1) is 21.7. The minimum absolute atomic E-state index is 0.00584. The third-order valence-electron chi connectivity index (χ3n) is 4.76. The Kier molecular flexibility index (Phi) is 6.34. The molecule has 32 heavy (non-hydrogen) atoms. The highest BCUT2D eigenvalue weighted by molar-refractivity contribution is 6.42. The van der Waals surface area contributed by atoms with E-state index in [9.17, 15) is 9.59 Å². The lowest BCUT2D eigenvalue weighted by molar-refractivity contribution is -0.118. The molecule has 0 bridgehead atoms. The Balaban J connectivity index is 1.73. The fourth-order valence-corrected chi connectivity index (χ4v) is 3.50. The number of anilines is 1. The number of amides is 1. The van der Waals surface area contributed by atoms with E-state index in [4.69, 9.17) is 28.9 Å². The van der Waals surface area contributed by atoms with Crippen molar-refractivity contribution in [2.75, 3.05) is 5.32 Å². The zero-order chi connectivity index (χ0) is 22.7. The third-order valence-corrected chi connectivity index (χ3v) is 5.50. The van der Waals surface area contributed by atoms with Crippen LogP contribution in [-0.2, 0) is 17.9 Å². The number of halogens is 2. The van der Waals surface area contributed by atoms with Gasteiger partial charge >= 0.3 is 0 Å². The summed E-state index contributed by atoms with van der Waals surface area (Å²) in [7, 11) is 0. The van der Waals surface area contributed by atoms with E-state index in [1.807, 2.05) is 6.07 Å². The minimum Gasteiger partial charge on any atom is -0.370 e. The number of nitrogens with one attached hydrogen (secondary N) is 1. The van der Waals surface area contributed by atoms with Gasteiger partial charge in [-0.05, 0) is 42.0 Å². The van der Waals surface area contributed by atoms with Gasteiger partial charge in [-0.3, -0.25) is 19.1 Å². The van der Waals surface area contributed by atoms with Crippen molar-refractivity contribution in [3.05, 3.63) is 80.8 Å². The highest BCUT2D eigenvalue weighted by atomic mass is 35.5. The topological polar surface area (TPSA) is 116 Å². The number of rotatable bonds is 7. The first-order valence-electron chi connectivity index (χ1n) is 9.70. The lowest BCUT2D eigenvalue weighted by Crippen LogP contribution is -2.27. The van der Waals surface area contributed by atoms with E-state index in [0.717, 1.165) is 5.56 Å². The van der Waals surface area contributed by atoms with E-state index in [-0.39, 0.29) is 24.2 Å². The van der Waals surface area contributed by atoms with Crippen molar-refractivity contribution < 1.29 is 4.79 Å². The summed E-state index contributed by atoms with van der Waals surface area (Å²) < 4.78 is 1.42. The number of benzene rings is 1. The second-order valence-electron chi connectivity index (χ2n) is 7.02. The van der Waals surface area contributed by atoms with Crippen molar-refractivity contribution in [2.45, 2.75) is 19.5 Å². The van der Waals surface area contributed by atoms with Gasteiger partial charge in [0.05, 0.1) is 10.0 Å². The second-order valence-corrected chi connectivity index (χ2v) is 7.83. The van der Waals surface area contributed by atoms with Gasteiger partial charge < -0.3 is 11.1 Å². The molecular weight excluding hydrogens is 451 g/mol. The summed E-state index contributed by atoms with van der Waals surface area (Å²) >= 11 is 12.0. The van der Waals surface area contributed by atoms with Crippen LogP contribution in [0, 0.1) is 0 Å².